The largest absolute Gasteiger partial charge is 0.290 e. The molecule has 27 heavy (non-hydrogen) atoms. The molecule has 0 amide bonds. The highest BCUT2D eigenvalue weighted by Gasteiger charge is 2.17. The minimum absolute atomic E-state index is 0.0854. The molecule has 2 heterocycles. The van der Waals surface area contributed by atoms with Crippen molar-refractivity contribution in [1.82, 2.24) is 8.58 Å². The Kier molecular flexibility index (Phi) is 3.47. The lowest BCUT2D eigenvalue weighted by molar-refractivity contribution is -0.109. The van der Waals surface area contributed by atoms with Gasteiger partial charge in [0, 0.05) is 23.0 Å². The number of pyridine rings is 2. The summed E-state index contributed by atoms with van der Waals surface area (Å²) < 4.78 is 1.89. The van der Waals surface area contributed by atoms with E-state index in [1.165, 1.54) is 21.9 Å². The number of rotatable bonds is 0. The fraction of sp³-hybridized carbons (Fsp3) is 0. The maximum absolute atomic E-state index is 13.0. The number of allylic oxidation sites excluding steroid dienone is 1. The van der Waals surface area contributed by atoms with Gasteiger partial charge in [-0.15, -0.1) is 0 Å². The zero-order chi connectivity index (χ0) is 18.9. The number of halogens is 2. The van der Waals surface area contributed by atoms with Crippen molar-refractivity contribution in [3.05, 3.63) is 72.2 Å². The summed E-state index contributed by atoms with van der Waals surface area (Å²) in [6.45, 7) is 0. The van der Waals surface area contributed by atoms with Crippen LogP contribution in [0.3, 0.4) is 0 Å². The van der Waals surface area contributed by atoms with Gasteiger partial charge in [0.1, 0.15) is 5.52 Å². The second kappa shape index (κ2) is 5.68. The molecule has 5 nitrogen and oxygen atoms in total. The van der Waals surface area contributed by atoms with E-state index in [0.29, 0.717) is 26.4 Å². The molecule has 2 aromatic carbocycles. The average molecular weight is 484 g/mol. The molecule has 1 aliphatic carbocycles. The Hall–Kier alpha value is -2.64. The number of aromatic nitrogens is 2. The number of carbonyl (C=O) groups is 1. The average Bonchev–Trinajstić information content (AvgIpc) is 2.65. The molecule has 130 valence electrons. The summed E-state index contributed by atoms with van der Waals surface area (Å²) in [6, 6.07) is 6.83. The topological polar surface area (TPSA) is 69.0 Å². The maximum atomic E-state index is 13.0. The quantitative estimate of drug-likeness (QED) is 0.285. The number of hydrogen-bond acceptors (Lipinski definition) is 4. The van der Waals surface area contributed by atoms with Gasteiger partial charge in [-0.2, -0.15) is 0 Å². The zero-order valence-corrected chi connectivity index (χ0v) is 16.7. The van der Waals surface area contributed by atoms with Gasteiger partial charge in [-0.05, 0) is 62.4 Å². The van der Waals surface area contributed by atoms with Gasteiger partial charge in [0.2, 0.25) is 5.43 Å². The van der Waals surface area contributed by atoms with E-state index in [1.54, 1.807) is 18.2 Å². The van der Waals surface area contributed by atoms with Gasteiger partial charge in [-0.3, -0.25) is 18.0 Å². The molecular formula is C20H8Br2N2O3. The van der Waals surface area contributed by atoms with Crippen molar-refractivity contribution in [2.24, 2.45) is 0 Å². The van der Waals surface area contributed by atoms with E-state index in [4.69, 9.17) is 0 Å². The lowest BCUT2D eigenvalue weighted by atomic mass is 9.97. The highest BCUT2D eigenvalue weighted by molar-refractivity contribution is 9.10. The molecule has 0 saturated heterocycles. The van der Waals surface area contributed by atoms with Crippen molar-refractivity contribution < 1.29 is 4.79 Å². The first-order chi connectivity index (χ1) is 13.0. The molecule has 7 heteroatoms. The lowest BCUT2D eigenvalue weighted by Gasteiger charge is -2.12. The second-order valence-corrected chi connectivity index (χ2v) is 7.79. The molecule has 0 bridgehead atoms. The van der Waals surface area contributed by atoms with Crippen molar-refractivity contribution in [2.45, 2.75) is 0 Å². The summed E-state index contributed by atoms with van der Waals surface area (Å²) in [4.78, 5) is 41.3. The molecular weight excluding hydrogens is 476 g/mol. The number of nitrogens with zero attached hydrogens (tertiary/aromatic N) is 2. The highest BCUT2D eigenvalue weighted by atomic mass is 79.9. The Labute approximate surface area is 168 Å². The second-order valence-electron chi connectivity index (χ2n) is 6.28. The number of fused-ring (bicyclic) bond motifs is 5. The number of hydrogen-bond donors (Lipinski definition) is 0. The molecule has 0 radical (unpaired) electrons. The molecule has 0 fully saturated rings. The van der Waals surface area contributed by atoms with Crippen LogP contribution in [0.25, 0.3) is 44.9 Å². The lowest BCUT2D eigenvalue weighted by Crippen LogP contribution is -2.15. The predicted molar refractivity (Wildman–Crippen MR) is 113 cm³/mol. The van der Waals surface area contributed by atoms with Crippen LogP contribution in [-0.4, -0.2) is 14.4 Å². The molecule has 1 aliphatic rings. The van der Waals surface area contributed by atoms with Crippen LogP contribution in [-0.2, 0) is 4.79 Å². The van der Waals surface area contributed by atoms with Crippen molar-refractivity contribution in [3.63, 3.8) is 0 Å². The Bertz CT molecular complexity index is 1550. The molecule has 5 rings (SSSR count). The van der Waals surface area contributed by atoms with E-state index >= 15 is 0 Å². The van der Waals surface area contributed by atoms with Crippen molar-refractivity contribution in [3.8, 4) is 0 Å². The molecule has 0 aliphatic heterocycles. The van der Waals surface area contributed by atoms with E-state index in [-0.39, 0.29) is 16.6 Å². The van der Waals surface area contributed by atoms with Crippen LogP contribution >= 0.6 is 32.1 Å². The van der Waals surface area contributed by atoms with Gasteiger partial charge in [-0.25, -0.2) is 4.98 Å². The fourth-order valence-electron chi connectivity index (χ4n) is 3.48. The van der Waals surface area contributed by atoms with Crippen LogP contribution in [0.1, 0.15) is 5.56 Å². The summed E-state index contributed by atoms with van der Waals surface area (Å²) >= 11 is 6.82. The predicted octanol–water partition coefficient (Wildman–Crippen LogP) is 3.08. The van der Waals surface area contributed by atoms with Crippen LogP contribution < -0.4 is 16.1 Å². The Morgan fingerprint density at radius 3 is 2.56 bits per heavy atom. The smallest absolute Gasteiger partial charge is 0.218 e. The highest BCUT2D eigenvalue weighted by Crippen LogP contribution is 2.31. The Morgan fingerprint density at radius 2 is 1.74 bits per heavy atom. The minimum atomic E-state index is -0.214. The molecule has 0 unspecified atom stereocenters. The molecule has 0 saturated carbocycles. The maximum Gasteiger partial charge on any atom is 0.218 e. The first-order valence-electron chi connectivity index (χ1n) is 7.99. The van der Waals surface area contributed by atoms with E-state index in [2.05, 4.69) is 37.1 Å². The van der Waals surface area contributed by atoms with E-state index in [1.807, 2.05) is 12.1 Å². The first-order valence-corrected chi connectivity index (χ1v) is 9.49. The summed E-state index contributed by atoms with van der Waals surface area (Å²) in [7, 11) is 0. The third-order valence-electron chi connectivity index (χ3n) is 4.74. The third kappa shape index (κ3) is 2.28. The van der Waals surface area contributed by atoms with Gasteiger partial charge in [0.25, 0.3) is 0 Å². The molecule has 2 aromatic heterocycles. The van der Waals surface area contributed by atoms with E-state index in [9.17, 15) is 14.4 Å². The van der Waals surface area contributed by atoms with Crippen LogP contribution in [0.15, 0.2) is 50.6 Å². The van der Waals surface area contributed by atoms with Gasteiger partial charge >= 0.3 is 0 Å². The van der Waals surface area contributed by atoms with Gasteiger partial charge in [0.05, 0.1) is 26.0 Å². The monoisotopic (exact) mass is 482 g/mol. The van der Waals surface area contributed by atoms with Gasteiger partial charge < -0.3 is 0 Å². The Morgan fingerprint density at radius 1 is 0.926 bits per heavy atom. The molecule has 4 aromatic rings. The number of carbonyl (C=O) groups excluding carboxylic acids is 1. The van der Waals surface area contributed by atoms with Gasteiger partial charge in [0.15, 0.2) is 16.9 Å². The van der Waals surface area contributed by atoms with Crippen LogP contribution in [0.4, 0.5) is 0 Å². The molecule has 0 atom stereocenters. The van der Waals surface area contributed by atoms with E-state index in [0.717, 1.165) is 21.6 Å². The summed E-state index contributed by atoms with van der Waals surface area (Å²) in [5.41, 5.74) is 1.22. The van der Waals surface area contributed by atoms with Crippen LogP contribution in [0.2, 0.25) is 0 Å². The van der Waals surface area contributed by atoms with Crippen molar-refractivity contribution in [2.75, 3.05) is 0 Å². The van der Waals surface area contributed by atoms with Gasteiger partial charge in [-0.1, -0.05) is 6.08 Å². The minimum Gasteiger partial charge on any atom is -0.290 e. The molecule has 0 spiro atoms. The first kappa shape index (κ1) is 16.5. The van der Waals surface area contributed by atoms with Crippen LogP contribution in [0, 0.1) is 0 Å². The van der Waals surface area contributed by atoms with Crippen LogP contribution in [0.5, 0.6) is 0 Å². The summed E-state index contributed by atoms with van der Waals surface area (Å²) in [6.07, 6.45) is 6.21. The number of ketones is 1. The van der Waals surface area contributed by atoms with E-state index < -0.39 is 0 Å². The molecule has 0 N–H and O–H groups in total. The fourth-order valence-corrected chi connectivity index (χ4v) is 4.64. The zero-order valence-electron chi connectivity index (χ0n) is 13.5. The standard InChI is InChI=1S/C20H8Br2N2O3/c21-17-13-6-9-1-2-11(25)5-10(9)7-12(13)14-8-15-16(26)3-4-23-20(15)24(22)18(14)19(17)27/h1-8H. The normalized spacial score (nSPS) is 13.3. The third-order valence-corrected chi connectivity index (χ3v) is 6.22. The van der Waals surface area contributed by atoms with Crippen molar-refractivity contribution >= 4 is 82.7 Å². The Balaban J connectivity index is 2.13. The summed E-state index contributed by atoms with van der Waals surface area (Å²) in [5.74, 6) is -0.0854. The van der Waals surface area contributed by atoms with Crippen molar-refractivity contribution in [1.29, 1.82) is 0 Å². The summed E-state index contributed by atoms with van der Waals surface area (Å²) in [5, 5.41) is 3.29. The number of benzene rings is 2. The SMILES string of the molecule is O=C1C=Cc2cc3c(Br)c(=O)c4c(cc5c(=O)ccnc5n4Br)c3cc2=C1.